The summed E-state index contributed by atoms with van der Waals surface area (Å²) in [5, 5.41) is 0. The molecule has 2 aliphatic heterocycles. The molecule has 2 saturated heterocycles. The fourth-order valence-electron chi connectivity index (χ4n) is 3.66. The van der Waals surface area contributed by atoms with Gasteiger partial charge < -0.3 is 4.74 Å². The summed E-state index contributed by atoms with van der Waals surface area (Å²) in [5.74, 6) is 0.969. The molecule has 110 valence electrons. The summed E-state index contributed by atoms with van der Waals surface area (Å²) in [7, 11) is 1.74. The van der Waals surface area contributed by atoms with Crippen LogP contribution in [0.15, 0.2) is 24.3 Å². The Morgan fingerprint density at radius 1 is 1.30 bits per heavy atom. The van der Waals surface area contributed by atoms with Crippen molar-refractivity contribution in [3.63, 3.8) is 0 Å². The van der Waals surface area contributed by atoms with Crippen molar-refractivity contribution in [3.05, 3.63) is 29.8 Å². The van der Waals surface area contributed by atoms with Gasteiger partial charge in [0, 0.05) is 31.7 Å². The topological polar surface area (TPSA) is 15.7 Å². The molecule has 2 fully saturated rings. The van der Waals surface area contributed by atoms with Crippen LogP contribution in [-0.4, -0.2) is 55.2 Å². The molecule has 3 rings (SSSR count). The summed E-state index contributed by atoms with van der Waals surface area (Å²) in [4.78, 5) is 5.36. The summed E-state index contributed by atoms with van der Waals surface area (Å²) in [6.07, 6.45) is 3.90. The van der Waals surface area contributed by atoms with E-state index < -0.39 is 0 Å². The molecule has 0 saturated carbocycles. The van der Waals surface area contributed by atoms with Gasteiger partial charge in [0.15, 0.2) is 0 Å². The highest BCUT2D eigenvalue weighted by molar-refractivity contribution is 5.28. The van der Waals surface area contributed by atoms with Gasteiger partial charge in [-0.1, -0.05) is 12.1 Å². The van der Waals surface area contributed by atoms with Crippen LogP contribution in [0.2, 0.25) is 0 Å². The van der Waals surface area contributed by atoms with Gasteiger partial charge in [0.1, 0.15) is 5.75 Å². The lowest BCUT2D eigenvalue weighted by atomic mass is 10.1. The fraction of sp³-hybridized carbons (Fsp3) is 0.647. The minimum atomic E-state index is 0.690. The predicted molar refractivity (Wildman–Crippen MR) is 82.3 cm³/mol. The second-order valence-electron chi connectivity index (χ2n) is 6.24. The van der Waals surface area contributed by atoms with Crippen molar-refractivity contribution in [2.75, 3.05) is 33.3 Å². The number of hydrogen-bond acceptors (Lipinski definition) is 3. The average molecular weight is 274 g/mol. The van der Waals surface area contributed by atoms with Gasteiger partial charge in [-0.2, -0.15) is 0 Å². The zero-order valence-corrected chi connectivity index (χ0v) is 12.7. The van der Waals surface area contributed by atoms with Crippen molar-refractivity contribution in [1.29, 1.82) is 0 Å². The minimum Gasteiger partial charge on any atom is -0.497 e. The Kier molecular flexibility index (Phi) is 4.27. The van der Waals surface area contributed by atoms with Crippen LogP contribution in [0.3, 0.4) is 0 Å². The number of fused-ring (bicyclic) bond motifs is 1. The van der Waals surface area contributed by atoms with E-state index in [0.29, 0.717) is 6.04 Å². The number of ether oxygens (including phenoxy) is 1. The van der Waals surface area contributed by atoms with Crippen molar-refractivity contribution in [2.45, 2.75) is 38.3 Å². The third-order valence-electron chi connectivity index (χ3n) is 4.89. The van der Waals surface area contributed by atoms with Gasteiger partial charge in [-0.25, -0.2) is 0 Å². The Bertz CT molecular complexity index is 448. The summed E-state index contributed by atoms with van der Waals surface area (Å²) in [6, 6.07) is 9.98. The van der Waals surface area contributed by atoms with E-state index in [-0.39, 0.29) is 0 Å². The first-order chi connectivity index (χ1) is 9.76. The summed E-state index contributed by atoms with van der Waals surface area (Å²) in [6.45, 7) is 7.37. The molecule has 0 N–H and O–H groups in total. The molecule has 2 unspecified atom stereocenters. The zero-order valence-electron chi connectivity index (χ0n) is 12.7. The lowest BCUT2D eigenvalue weighted by molar-refractivity contribution is 0.0605. The standard InChI is InChI=1S/C17H26N2O/c1-14-12-19-9-4-6-16(19)13-18(14)10-8-15-5-3-7-17(11-15)20-2/h3,5,7,11,14,16H,4,6,8-10,12-13H2,1-2H3. The average Bonchev–Trinajstić information content (AvgIpc) is 2.92. The smallest absolute Gasteiger partial charge is 0.119 e. The largest absolute Gasteiger partial charge is 0.497 e. The van der Waals surface area contributed by atoms with Gasteiger partial charge in [-0.05, 0) is 50.4 Å². The summed E-state index contributed by atoms with van der Waals surface area (Å²) in [5.41, 5.74) is 1.38. The second kappa shape index (κ2) is 6.15. The van der Waals surface area contributed by atoms with E-state index in [1.165, 1.54) is 44.6 Å². The van der Waals surface area contributed by atoms with E-state index in [0.717, 1.165) is 18.2 Å². The molecule has 1 aromatic carbocycles. The monoisotopic (exact) mass is 274 g/mol. The highest BCUT2D eigenvalue weighted by atomic mass is 16.5. The van der Waals surface area contributed by atoms with E-state index in [1.54, 1.807) is 7.11 Å². The number of piperazine rings is 1. The van der Waals surface area contributed by atoms with Crippen molar-refractivity contribution >= 4 is 0 Å². The Hall–Kier alpha value is -1.06. The van der Waals surface area contributed by atoms with Gasteiger partial charge in [-0.3, -0.25) is 9.80 Å². The predicted octanol–water partition coefficient (Wildman–Crippen LogP) is 2.41. The number of benzene rings is 1. The Morgan fingerprint density at radius 2 is 2.20 bits per heavy atom. The molecule has 0 spiro atoms. The van der Waals surface area contributed by atoms with Crippen LogP contribution in [0.1, 0.15) is 25.3 Å². The van der Waals surface area contributed by atoms with Crippen molar-refractivity contribution in [3.8, 4) is 5.75 Å². The molecule has 20 heavy (non-hydrogen) atoms. The molecule has 0 bridgehead atoms. The number of nitrogens with zero attached hydrogens (tertiary/aromatic N) is 2. The molecule has 3 nitrogen and oxygen atoms in total. The molecular formula is C17H26N2O. The molecule has 0 aliphatic carbocycles. The SMILES string of the molecule is COc1cccc(CCN2CC3CCCN3CC2C)c1. The van der Waals surface area contributed by atoms with Crippen LogP contribution >= 0.6 is 0 Å². The van der Waals surface area contributed by atoms with Crippen molar-refractivity contribution in [1.82, 2.24) is 9.80 Å². The third kappa shape index (κ3) is 2.99. The first-order valence-electron chi connectivity index (χ1n) is 7.87. The fourth-order valence-corrected chi connectivity index (χ4v) is 3.66. The summed E-state index contributed by atoms with van der Waals surface area (Å²) >= 11 is 0. The highest BCUT2D eigenvalue weighted by Gasteiger charge is 2.33. The first kappa shape index (κ1) is 13.9. The van der Waals surface area contributed by atoms with Gasteiger partial charge in [0.2, 0.25) is 0 Å². The maximum atomic E-state index is 5.30. The molecule has 2 heterocycles. The molecule has 0 amide bonds. The van der Waals surface area contributed by atoms with Crippen LogP contribution in [0.25, 0.3) is 0 Å². The maximum Gasteiger partial charge on any atom is 0.119 e. The molecule has 2 atom stereocenters. The first-order valence-corrected chi connectivity index (χ1v) is 7.87. The van der Waals surface area contributed by atoms with E-state index in [9.17, 15) is 0 Å². The highest BCUT2D eigenvalue weighted by Crippen LogP contribution is 2.24. The molecular weight excluding hydrogens is 248 g/mol. The van der Waals surface area contributed by atoms with E-state index in [2.05, 4.69) is 34.9 Å². The Labute approximate surface area is 122 Å². The van der Waals surface area contributed by atoms with Crippen LogP contribution in [0, 0.1) is 0 Å². The molecule has 2 aliphatic rings. The van der Waals surface area contributed by atoms with Crippen LogP contribution < -0.4 is 4.74 Å². The van der Waals surface area contributed by atoms with Gasteiger partial charge >= 0.3 is 0 Å². The third-order valence-corrected chi connectivity index (χ3v) is 4.89. The molecule has 0 aromatic heterocycles. The van der Waals surface area contributed by atoms with Gasteiger partial charge in [-0.15, -0.1) is 0 Å². The van der Waals surface area contributed by atoms with E-state index >= 15 is 0 Å². The van der Waals surface area contributed by atoms with Gasteiger partial charge in [0.05, 0.1) is 7.11 Å². The number of hydrogen-bond donors (Lipinski definition) is 0. The van der Waals surface area contributed by atoms with Crippen LogP contribution in [0.5, 0.6) is 5.75 Å². The molecule has 0 radical (unpaired) electrons. The lowest BCUT2D eigenvalue weighted by Crippen LogP contribution is -2.55. The van der Waals surface area contributed by atoms with Crippen LogP contribution in [0.4, 0.5) is 0 Å². The van der Waals surface area contributed by atoms with Crippen LogP contribution in [-0.2, 0) is 6.42 Å². The maximum absolute atomic E-state index is 5.30. The van der Waals surface area contributed by atoms with E-state index in [4.69, 9.17) is 4.74 Å². The lowest BCUT2D eigenvalue weighted by Gasteiger charge is -2.42. The second-order valence-corrected chi connectivity index (χ2v) is 6.24. The normalized spacial score (nSPS) is 27.5. The Balaban J connectivity index is 1.57. The molecule has 3 heteroatoms. The number of methoxy groups -OCH3 is 1. The minimum absolute atomic E-state index is 0.690. The summed E-state index contributed by atoms with van der Waals surface area (Å²) < 4.78 is 5.30. The van der Waals surface area contributed by atoms with Gasteiger partial charge in [0.25, 0.3) is 0 Å². The molecule has 1 aromatic rings. The van der Waals surface area contributed by atoms with E-state index in [1.807, 2.05) is 6.07 Å². The van der Waals surface area contributed by atoms with Crippen molar-refractivity contribution < 1.29 is 4.74 Å². The zero-order chi connectivity index (χ0) is 13.9. The quantitative estimate of drug-likeness (QED) is 0.838. The van der Waals surface area contributed by atoms with Crippen molar-refractivity contribution in [2.24, 2.45) is 0 Å². The Morgan fingerprint density at radius 3 is 3.05 bits per heavy atom. The number of rotatable bonds is 4.